The Kier molecular flexibility index (Phi) is 4.22. The van der Waals surface area contributed by atoms with Gasteiger partial charge >= 0.3 is 0 Å². The first kappa shape index (κ1) is 14.1. The number of fused-ring (bicyclic) bond motifs is 1. The van der Waals surface area contributed by atoms with Crippen LogP contribution in [0.5, 0.6) is 0 Å². The van der Waals surface area contributed by atoms with E-state index >= 15 is 0 Å². The van der Waals surface area contributed by atoms with E-state index in [0.717, 1.165) is 15.7 Å². The fourth-order valence-electron chi connectivity index (χ4n) is 1.98. The summed E-state index contributed by atoms with van der Waals surface area (Å²) in [5.74, 6) is 0.784. The van der Waals surface area contributed by atoms with Gasteiger partial charge in [-0.1, -0.05) is 54.2 Å². The molecule has 2 aromatic heterocycles. The molecular weight excluding hydrogens is 300 g/mol. The lowest BCUT2D eigenvalue weighted by molar-refractivity contribution is 0.729. The zero-order chi connectivity index (χ0) is 14.7. The quantitative estimate of drug-likeness (QED) is 0.543. The number of aromatic nitrogens is 2. The molecule has 3 aromatic rings. The van der Waals surface area contributed by atoms with Crippen molar-refractivity contribution in [1.29, 1.82) is 0 Å². The molecule has 0 N–H and O–H groups in total. The lowest BCUT2D eigenvalue weighted by Gasteiger charge is -2.05. The number of rotatable bonds is 4. The van der Waals surface area contributed by atoms with Gasteiger partial charge in [0.2, 0.25) is 0 Å². The molecule has 0 saturated carbocycles. The van der Waals surface area contributed by atoms with Gasteiger partial charge in [-0.3, -0.25) is 9.36 Å². The summed E-state index contributed by atoms with van der Waals surface area (Å²) >= 11 is 3.08. The molecule has 3 rings (SSSR count). The van der Waals surface area contributed by atoms with E-state index in [1.54, 1.807) is 23.4 Å². The highest BCUT2D eigenvalue weighted by Crippen LogP contribution is 2.20. The Morgan fingerprint density at radius 1 is 1.29 bits per heavy atom. The van der Waals surface area contributed by atoms with Crippen LogP contribution in [-0.4, -0.2) is 15.3 Å². The molecular formula is C16H14N2OS2. The molecule has 106 valence electrons. The largest absolute Gasteiger partial charge is 0.290 e. The van der Waals surface area contributed by atoms with Gasteiger partial charge in [0, 0.05) is 12.8 Å². The summed E-state index contributed by atoms with van der Waals surface area (Å²) in [5.41, 5.74) is 1.20. The zero-order valence-electron chi connectivity index (χ0n) is 11.5. The van der Waals surface area contributed by atoms with Crippen LogP contribution in [0.15, 0.2) is 57.8 Å². The maximum absolute atomic E-state index is 12.2. The second-order valence-corrected chi connectivity index (χ2v) is 6.40. The minimum Gasteiger partial charge on any atom is -0.290 e. The molecule has 1 aromatic carbocycles. The lowest BCUT2D eigenvalue weighted by atomic mass is 10.2. The van der Waals surface area contributed by atoms with E-state index in [0.29, 0.717) is 5.39 Å². The highest BCUT2D eigenvalue weighted by Gasteiger charge is 2.08. The standard InChI is InChI=1S/C16H14N2OS2/c1-18-15(19)13-9-11-20-14(13)17-16(18)21-10-5-8-12-6-3-2-4-7-12/h2-9,11H,10H2,1H3/b8-5+. The summed E-state index contributed by atoms with van der Waals surface area (Å²) in [4.78, 5) is 17.5. The Labute approximate surface area is 131 Å². The van der Waals surface area contributed by atoms with Gasteiger partial charge in [-0.25, -0.2) is 4.98 Å². The van der Waals surface area contributed by atoms with Gasteiger partial charge in [0.05, 0.1) is 5.39 Å². The van der Waals surface area contributed by atoms with Gasteiger partial charge in [-0.15, -0.1) is 11.3 Å². The van der Waals surface area contributed by atoms with E-state index < -0.39 is 0 Å². The van der Waals surface area contributed by atoms with Crippen LogP contribution in [0.4, 0.5) is 0 Å². The molecule has 5 heteroatoms. The van der Waals surface area contributed by atoms with Gasteiger partial charge in [-0.2, -0.15) is 0 Å². The van der Waals surface area contributed by atoms with E-state index in [1.165, 1.54) is 16.9 Å². The van der Waals surface area contributed by atoms with Crippen LogP contribution < -0.4 is 5.56 Å². The van der Waals surface area contributed by atoms with Crippen molar-refractivity contribution in [3.05, 3.63) is 63.8 Å². The third-order valence-electron chi connectivity index (χ3n) is 3.08. The average molecular weight is 314 g/mol. The minimum absolute atomic E-state index is 0.0239. The van der Waals surface area contributed by atoms with Crippen molar-refractivity contribution >= 4 is 39.4 Å². The molecule has 2 heterocycles. The van der Waals surface area contributed by atoms with Crippen molar-refractivity contribution in [2.75, 3.05) is 5.75 Å². The summed E-state index contributed by atoms with van der Waals surface area (Å²) in [6, 6.07) is 12.0. The molecule has 21 heavy (non-hydrogen) atoms. The molecule has 0 radical (unpaired) electrons. The van der Waals surface area contributed by atoms with Gasteiger partial charge in [-0.05, 0) is 17.0 Å². The number of hydrogen-bond donors (Lipinski definition) is 0. The molecule has 0 atom stereocenters. The van der Waals surface area contributed by atoms with Crippen LogP contribution in [0.1, 0.15) is 5.56 Å². The summed E-state index contributed by atoms with van der Waals surface area (Å²) in [5, 5.41) is 3.36. The van der Waals surface area contributed by atoms with Crippen molar-refractivity contribution in [1.82, 2.24) is 9.55 Å². The van der Waals surface area contributed by atoms with E-state index in [2.05, 4.69) is 29.3 Å². The third kappa shape index (κ3) is 3.09. The monoisotopic (exact) mass is 314 g/mol. The SMILES string of the molecule is Cn1c(SC/C=C/c2ccccc2)nc2sccc2c1=O. The Morgan fingerprint density at radius 2 is 2.10 bits per heavy atom. The third-order valence-corrected chi connectivity index (χ3v) is 4.87. The molecule has 0 unspecified atom stereocenters. The van der Waals surface area contributed by atoms with E-state index in [1.807, 2.05) is 29.6 Å². The van der Waals surface area contributed by atoms with Crippen LogP contribution in [0.2, 0.25) is 0 Å². The maximum atomic E-state index is 12.2. The van der Waals surface area contributed by atoms with Crippen LogP contribution in [0.25, 0.3) is 16.3 Å². The van der Waals surface area contributed by atoms with Crippen LogP contribution in [0.3, 0.4) is 0 Å². The zero-order valence-corrected chi connectivity index (χ0v) is 13.2. The lowest BCUT2D eigenvalue weighted by Crippen LogP contribution is -2.19. The molecule has 0 bridgehead atoms. The molecule has 0 saturated heterocycles. The highest BCUT2D eigenvalue weighted by molar-refractivity contribution is 7.99. The number of thiophene rings is 1. The summed E-state index contributed by atoms with van der Waals surface area (Å²) in [6.07, 6.45) is 4.17. The van der Waals surface area contributed by atoms with Crippen molar-refractivity contribution < 1.29 is 0 Å². The molecule has 3 nitrogen and oxygen atoms in total. The first-order valence-corrected chi connectivity index (χ1v) is 8.41. The predicted octanol–water partition coefficient (Wildman–Crippen LogP) is 3.80. The second-order valence-electron chi connectivity index (χ2n) is 4.52. The van der Waals surface area contributed by atoms with Crippen molar-refractivity contribution in [2.45, 2.75) is 5.16 Å². The number of thioether (sulfide) groups is 1. The van der Waals surface area contributed by atoms with Crippen LogP contribution >= 0.6 is 23.1 Å². The molecule has 0 fully saturated rings. The first-order valence-electron chi connectivity index (χ1n) is 6.54. The van der Waals surface area contributed by atoms with Crippen molar-refractivity contribution in [3.8, 4) is 0 Å². The van der Waals surface area contributed by atoms with Gasteiger partial charge in [0.1, 0.15) is 4.83 Å². The summed E-state index contributed by atoms with van der Waals surface area (Å²) in [7, 11) is 1.77. The number of hydrogen-bond acceptors (Lipinski definition) is 4. The average Bonchev–Trinajstić information content (AvgIpc) is 2.98. The van der Waals surface area contributed by atoms with Crippen molar-refractivity contribution in [2.24, 2.45) is 7.05 Å². The smallest absolute Gasteiger partial charge is 0.262 e. The van der Waals surface area contributed by atoms with Gasteiger partial charge in [0.25, 0.3) is 5.56 Å². The van der Waals surface area contributed by atoms with E-state index in [-0.39, 0.29) is 5.56 Å². The molecule has 0 aliphatic carbocycles. The molecule has 0 spiro atoms. The fourth-order valence-corrected chi connectivity index (χ4v) is 3.57. The number of nitrogens with zero attached hydrogens (tertiary/aromatic N) is 2. The summed E-state index contributed by atoms with van der Waals surface area (Å²) in [6.45, 7) is 0. The maximum Gasteiger partial charge on any atom is 0.262 e. The molecule has 0 aliphatic rings. The number of benzene rings is 1. The highest BCUT2D eigenvalue weighted by atomic mass is 32.2. The van der Waals surface area contributed by atoms with Crippen LogP contribution in [-0.2, 0) is 7.05 Å². The van der Waals surface area contributed by atoms with E-state index in [4.69, 9.17) is 0 Å². The van der Waals surface area contributed by atoms with Gasteiger partial charge in [0.15, 0.2) is 5.16 Å². The van der Waals surface area contributed by atoms with Gasteiger partial charge < -0.3 is 0 Å². The minimum atomic E-state index is 0.0239. The topological polar surface area (TPSA) is 34.9 Å². The van der Waals surface area contributed by atoms with Crippen molar-refractivity contribution in [3.63, 3.8) is 0 Å². The first-order chi connectivity index (χ1) is 10.3. The molecule has 0 aliphatic heterocycles. The fraction of sp³-hybridized carbons (Fsp3) is 0.125. The Morgan fingerprint density at radius 3 is 2.90 bits per heavy atom. The van der Waals surface area contributed by atoms with E-state index in [9.17, 15) is 4.79 Å². The Balaban J connectivity index is 1.75. The summed E-state index contributed by atoms with van der Waals surface area (Å²) < 4.78 is 1.62. The molecule has 0 amide bonds. The normalized spacial score (nSPS) is 11.5. The van der Waals surface area contributed by atoms with Crippen LogP contribution in [0, 0.1) is 0 Å². The Hall–Kier alpha value is -1.85. The second kappa shape index (κ2) is 6.28. The Bertz CT molecular complexity index is 834. The predicted molar refractivity (Wildman–Crippen MR) is 91.1 cm³/mol.